The molecule has 0 radical (unpaired) electrons. The number of ether oxygens (including phenoxy) is 2. The Morgan fingerprint density at radius 1 is 1.12 bits per heavy atom. The van der Waals surface area contributed by atoms with Crippen molar-refractivity contribution in [3.63, 3.8) is 0 Å². The summed E-state index contributed by atoms with van der Waals surface area (Å²) in [5.41, 5.74) is 3.51. The van der Waals surface area contributed by atoms with Crippen molar-refractivity contribution in [3.8, 4) is 11.5 Å². The third-order valence-corrected chi connectivity index (χ3v) is 4.35. The molecule has 0 aliphatic carbocycles. The van der Waals surface area contributed by atoms with Gasteiger partial charge in [0.05, 0.1) is 14.2 Å². The third kappa shape index (κ3) is 3.72. The normalized spacial score (nSPS) is 13.3. The molecule has 0 aromatic heterocycles. The highest BCUT2D eigenvalue weighted by Gasteiger charge is 2.23. The molecular formula is C19H23ClN2O3. The van der Waals surface area contributed by atoms with E-state index in [0.717, 1.165) is 29.9 Å². The van der Waals surface area contributed by atoms with Gasteiger partial charge in [0.15, 0.2) is 0 Å². The molecule has 6 heteroatoms. The zero-order valence-corrected chi connectivity index (χ0v) is 15.5. The molecule has 2 aromatic carbocycles. The Kier molecular flexibility index (Phi) is 6.28. The van der Waals surface area contributed by atoms with E-state index in [2.05, 4.69) is 5.32 Å². The highest BCUT2D eigenvalue weighted by Crippen LogP contribution is 2.31. The van der Waals surface area contributed by atoms with Gasteiger partial charge in [0.2, 0.25) is 0 Å². The van der Waals surface area contributed by atoms with E-state index >= 15 is 0 Å². The minimum Gasteiger partial charge on any atom is -0.496 e. The molecule has 2 aromatic rings. The maximum absolute atomic E-state index is 13.1. The lowest BCUT2D eigenvalue weighted by Gasteiger charge is -2.23. The smallest absolute Gasteiger partial charge is 0.258 e. The van der Waals surface area contributed by atoms with Crippen molar-refractivity contribution >= 4 is 24.0 Å². The van der Waals surface area contributed by atoms with Gasteiger partial charge in [-0.25, -0.2) is 0 Å². The lowest BCUT2D eigenvalue weighted by Crippen LogP contribution is -2.34. The molecule has 3 rings (SSSR count). The molecule has 5 nitrogen and oxygen atoms in total. The maximum atomic E-state index is 13.1. The highest BCUT2D eigenvalue weighted by molar-refractivity contribution is 6.07. The Morgan fingerprint density at radius 2 is 1.76 bits per heavy atom. The number of carbonyl (C=O) groups is 1. The molecule has 0 fully saturated rings. The highest BCUT2D eigenvalue weighted by atomic mass is 35.5. The van der Waals surface area contributed by atoms with Crippen molar-refractivity contribution in [2.24, 2.45) is 0 Å². The van der Waals surface area contributed by atoms with Gasteiger partial charge < -0.3 is 19.7 Å². The molecule has 0 saturated carbocycles. The second-order valence-electron chi connectivity index (χ2n) is 5.77. The summed E-state index contributed by atoms with van der Waals surface area (Å²) in [6.07, 6.45) is 0. The van der Waals surface area contributed by atoms with Gasteiger partial charge in [0.1, 0.15) is 11.5 Å². The van der Waals surface area contributed by atoms with E-state index in [1.54, 1.807) is 26.4 Å². The summed E-state index contributed by atoms with van der Waals surface area (Å²) < 4.78 is 10.8. The summed E-state index contributed by atoms with van der Waals surface area (Å²) >= 11 is 0. The first-order valence-electron chi connectivity index (χ1n) is 7.99. The van der Waals surface area contributed by atoms with Crippen molar-refractivity contribution in [2.45, 2.75) is 13.5 Å². The van der Waals surface area contributed by atoms with Gasteiger partial charge in [-0.2, -0.15) is 0 Å². The van der Waals surface area contributed by atoms with Crippen molar-refractivity contribution in [1.29, 1.82) is 0 Å². The van der Waals surface area contributed by atoms with Gasteiger partial charge in [-0.3, -0.25) is 4.79 Å². The van der Waals surface area contributed by atoms with Crippen LogP contribution in [0.4, 0.5) is 5.69 Å². The summed E-state index contributed by atoms with van der Waals surface area (Å²) in [6, 6.07) is 11.5. The number of rotatable bonds is 3. The number of para-hydroxylation sites is 1. The molecule has 0 atom stereocenters. The lowest BCUT2D eigenvalue weighted by molar-refractivity contribution is 0.0987. The molecule has 134 valence electrons. The van der Waals surface area contributed by atoms with Crippen LogP contribution in [0.25, 0.3) is 0 Å². The molecule has 0 bridgehead atoms. The monoisotopic (exact) mass is 362 g/mol. The largest absolute Gasteiger partial charge is 0.496 e. The summed E-state index contributed by atoms with van der Waals surface area (Å²) in [5.74, 6) is 1.25. The number of hydrogen-bond donors (Lipinski definition) is 1. The summed E-state index contributed by atoms with van der Waals surface area (Å²) in [4.78, 5) is 15.0. The first-order chi connectivity index (χ1) is 11.7. The molecule has 1 aliphatic heterocycles. The molecule has 1 N–H and O–H groups in total. The average Bonchev–Trinajstić information content (AvgIpc) is 2.83. The van der Waals surface area contributed by atoms with Crippen molar-refractivity contribution in [2.75, 3.05) is 32.2 Å². The van der Waals surface area contributed by atoms with Crippen LogP contribution in [-0.2, 0) is 6.54 Å². The number of fused-ring (bicyclic) bond motifs is 1. The minimum atomic E-state index is -0.0530. The second kappa shape index (κ2) is 8.23. The average molecular weight is 363 g/mol. The summed E-state index contributed by atoms with van der Waals surface area (Å²) in [6.45, 7) is 4.05. The molecule has 25 heavy (non-hydrogen) atoms. The lowest BCUT2D eigenvalue weighted by atomic mass is 10.1. The molecular weight excluding hydrogens is 340 g/mol. The van der Waals surface area contributed by atoms with Crippen LogP contribution in [0.2, 0.25) is 0 Å². The number of benzene rings is 2. The fourth-order valence-electron chi connectivity index (χ4n) is 3.03. The van der Waals surface area contributed by atoms with Crippen LogP contribution in [0.15, 0.2) is 36.4 Å². The summed E-state index contributed by atoms with van der Waals surface area (Å²) in [7, 11) is 3.20. The van der Waals surface area contributed by atoms with Gasteiger partial charge in [0.25, 0.3) is 5.91 Å². The van der Waals surface area contributed by atoms with Crippen LogP contribution in [-0.4, -0.2) is 33.2 Å². The molecule has 0 spiro atoms. The number of nitrogens with zero attached hydrogens (tertiary/aromatic N) is 1. The first-order valence-corrected chi connectivity index (χ1v) is 7.99. The fourth-order valence-corrected chi connectivity index (χ4v) is 3.03. The second-order valence-corrected chi connectivity index (χ2v) is 5.77. The van der Waals surface area contributed by atoms with Crippen LogP contribution in [0, 0.1) is 6.92 Å². The first kappa shape index (κ1) is 19.1. The number of anilines is 1. The fraction of sp³-hybridized carbons (Fsp3) is 0.316. The van der Waals surface area contributed by atoms with E-state index in [1.165, 1.54) is 0 Å². The summed E-state index contributed by atoms with van der Waals surface area (Å²) in [5, 5.41) is 3.35. The van der Waals surface area contributed by atoms with Gasteiger partial charge >= 0.3 is 0 Å². The molecule has 0 saturated heterocycles. The van der Waals surface area contributed by atoms with Crippen LogP contribution in [0.5, 0.6) is 11.5 Å². The number of methoxy groups -OCH3 is 2. The van der Waals surface area contributed by atoms with Crippen molar-refractivity contribution in [3.05, 3.63) is 53.1 Å². The Hall–Kier alpha value is -2.24. The zero-order valence-electron chi connectivity index (χ0n) is 14.7. The predicted molar refractivity (Wildman–Crippen MR) is 101 cm³/mol. The Labute approximate surface area is 154 Å². The van der Waals surface area contributed by atoms with Crippen LogP contribution in [0.3, 0.4) is 0 Å². The van der Waals surface area contributed by atoms with Crippen molar-refractivity contribution in [1.82, 2.24) is 5.32 Å². The maximum Gasteiger partial charge on any atom is 0.258 e. The Balaban J connectivity index is 0.00000225. The van der Waals surface area contributed by atoms with Crippen molar-refractivity contribution < 1.29 is 14.3 Å². The van der Waals surface area contributed by atoms with E-state index in [-0.39, 0.29) is 18.3 Å². The van der Waals surface area contributed by atoms with E-state index in [9.17, 15) is 4.79 Å². The number of nitrogens with one attached hydrogen (secondary N) is 1. The molecule has 1 amide bonds. The van der Waals surface area contributed by atoms with E-state index < -0.39 is 0 Å². The van der Waals surface area contributed by atoms with Crippen LogP contribution < -0.4 is 19.7 Å². The molecule has 1 heterocycles. The zero-order chi connectivity index (χ0) is 17.1. The quantitative estimate of drug-likeness (QED) is 0.911. The Bertz CT molecular complexity index is 739. The number of halogens is 1. The van der Waals surface area contributed by atoms with Crippen LogP contribution in [0.1, 0.15) is 21.5 Å². The van der Waals surface area contributed by atoms with Gasteiger partial charge in [0, 0.05) is 36.4 Å². The number of amides is 1. The van der Waals surface area contributed by atoms with E-state index in [4.69, 9.17) is 9.47 Å². The van der Waals surface area contributed by atoms with E-state index in [0.29, 0.717) is 23.6 Å². The number of carbonyl (C=O) groups excluding carboxylic acids is 1. The molecule has 0 unspecified atom stereocenters. The van der Waals surface area contributed by atoms with E-state index in [1.807, 2.05) is 36.1 Å². The Morgan fingerprint density at radius 3 is 2.40 bits per heavy atom. The standard InChI is InChI=1S/C19H22N2O3.ClH/c1-13-17(23-2)10-15(11-18(13)24-3)19(22)21-9-8-20-12-14-6-4-5-7-16(14)21;/h4-7,10-11,20H,8-9,12H2,1-3H3;1H. The van der Waals surface area contributed by atoms with Gasteiger partial charge in [-0.1, -0.05) is 18.2 Å². The minimum absolute atomic E-state index is 0. The predicted octanol–water partition coefficient (Wildman–Crippen LogP) is 3.18. The van der Waals surface area contributed by atoms with Gasteiger partial charge in [-0.15, -0.1) is 12.4 Å². The van der Waals surface area contributed by atoms with Crippen LogP contribution >= 0.6 is 12.4 Å². The molecule has 1 aliphatic rings. The number of hydrogen-bond acceptors (Lipinski definition) is 4. The third-order valence-electron chi connectivity index (χ3n) is 4.35. The SMILES string of the molecule is COc1cc(C(=O)N2CCNCc3ccccc32)cc(OC)c1C.Cl. The topological polar surface area (TPSA) is 50.8 Å². The van der Waals surface area contributed by atoms with Gasteiger partial charge in [-0.05, 0) is 30.7 Å².